The molecule has 0 bridgehead atoms. The average Bonchev–Trinajstić information content (AvgIpc) is 3.65. The minimum Gasteiger partial charge on any atom is -0.485 e. The molecule has 3 heteroatoms. The summed E-state index contributed by atoms with van der Waals surface area (Å²) in [5, 5.41) is 4.80. The first kappa shape index (κ1) is 26.2. The van der Waals surface area contributed by atoms with Crippen molar-refractivity contribution in [3.8, 4) is 16.9 Å². The third-order valence-electron chi connectivity index (χ3n) is 10.3. The first-order chi connectivity index (χ1) is 22.1. The van der Waals surface area contributed by atoms with E-state index in [1.165, 1.54) is 33.0 Å². The molecule has 0 saturated carbocycles. The average molecular weight is 584 g/mol. The van der Waals surface area contributed by atoms with Gasteiger partial charge < -0.3 is 14.1 Å². The van der Waals surface area contributed by atoms with E-state index in [-0.39, 0.29) is 17.6 Å². The van der Waals surface area contributed by atoms with E-state index in [0.29, 0.717) is 0 Å². The van der Waals surface area contributed by atoms with Crippen LogP contribution in [0, 0.1) is 5.92 Å². The van der Waals surface area contributed by atoms with Gasteiger partial charge in [-0.25, -0.2) is 0 Å². The van der Waals surface area contributed by atoms with E-state index < -0.39 is 0 Å². The lowest BCUT2D eigenvalue weighted by atomic mass is 9.71. The molecule has 6 aromatic carbocycles. The van der Waals surface area contributed by atoms with Crippen molar-refractivity contribution in [1.29, 1.82) is 0 Å². The number of furan rings is 1. The summed E-state index contributed by atoms with van der Waals surface area (Å²) in [5.41, 5.74) is 8.81. The number of anilines is 2. The van der Waals surface area contributed by atoms with Gasteiger partial charge in [0.25, 0.3) is 0 Å². The molecule has 3 unspecified atom stereocenters. The molecule has 0 saturated heterocycles. The molecule has 2 heterocycles. The zero-order valence-corrected chi connectivity index (χ0v) is 25.4. The van der Waals surface area contributed by atoms with E-state index in [9.17, 15) is 0 Å². The van der Waals surface area contributed by atoms with E-state index in [4.69, 9.17) is 9.15 Å². The summed E-state index contributed by atoms with van der Waals surface area (Å²) < 4.78 is 13.0. The predicted molar refractivity (Wildman–Crippen MR) is 186 cm³/mol. The second kappa shape index (κ2) is 9.87. The van der Waals surface area contributed by atoms with Crippen molar-refractivity contribution < 1.29 is 9.15 Å². The lowest BCUT2D eigenvalue weighted by molar-refractivity contribution is 0.144. The number of nitrogens with zero attached hydrogens (tertiary/aromatic N) is 1. The number of hydrogen-bond acceptors (Lipinski definition) is 3. The van der Waals surface area contributed by atoms with E-state index >= 15 is 0 Å². The van der Waals surface area contributed by atoms with Crippen molar-refractivity contribution >= 4 is 49.7 Å². The van der Waals surface area contributed by atoms with Crippen LogP contribution in [0.2, 0.25) is 0 Å². The van der Waals surface area contributed by atoms with Crippen LogP contribution in [0.15, 0.2) is 144 Å². The first-order valence-corrected chi connectivity index (χ1v) is 15.8. The van der Waals surface area contributed by atoms with Crippen LogP contribution in [0.5, 0.6) is 5.75 Å². The number of hydrogen-bond donors (Lipinski definition) is 0. The van der Waals surface area contributed by atoms with Gasteiger partial charge in [-0.2, -0.15) is 0 Å². The van der Waals surface area contributed by atoms with Crippen LogP contribution in [-0.2, 0) is 0 Å². The highest BCUT2D eigenvalue weighted by atomic mass is 16.5. The molecule has 0 N–H and O–H groups in total. The van der Waals surface area contributed by atoms with Gasteiger partial charge in [0.05, 0.1) is 5.54 Å². The van der Waals surface area contributed by atoms with Crippen LogP contribution in [0.25, 0.3) is 49.4 Å². The Morgan fingerprint density at radius 1 is 0.644 bits per heavy atom. The van der Waals surface area contributed by atoms with Crippen LogP contribution in [0.4, 0.5) is 11.4 Å². The number of fused-ring (bicyclic) bond motifs is 7. The van der Waals surface area contributed by atoms with Crippen LogP contribution < -0.4 is 9.64 Å². The van der Waals surface area contributed by atoms with E-state index in [2.05, 4.69) is 146 Å². The number of benzene rings is 6. The zero-order chi connectivity index (χ0) is 30.1. The summed E-state index contributed by atoms with van der Waals surface area (Å²) >= 11 is 0. The minimum atomic E-state index is -0.267. The Morgan fingerprint density at radius 3 is 2.22 bits per heavy atom. The Morgan fingerprint density at radius 2 is 1.33 bits per heavy atom. The Labute approximate surface area is 263 Å². The van der Waals surface area contributed by atoms with E-state index in [1.807, 2.05) is 12.1 Å². The Kier molecular flexibility index (Phi) is 5.73. The molecular weight excluding hydrogens is 550 g/mol. The standard InChI is InChI=1S/C42H33NO2/c1-27-41-37(35-14-6-8-17-39(35)45-41)24-25-42(27,2)43(31-22-23-36-34-13-5-7-16-38(34)44-40(36)26-31)30-20-18-29(19-21-30)33-15-9-11-28-10-3-4-12-32(28)33/h3-24,26-27,41H,25H2,1-2H3. The summed E-state index contributed by atoms with van der Waals surface area (Å²) in [5.74, 6) is 1.19. The summed E-state index contributed by atoms with van der Waals surface area (Å²) in [6.45, 7) is 4.74. The summed E-state index contributed by atoms with van der Waals surface area (Å²) in [6.07, 6.45) is 3.29. The molecule has 3 nitrogen and oxygen atoms in total. The van der Waals surface area contributed by atoms with Crippen molar-refractivity contribution in [3.63, 3.8) is 0 Å². The van der Waals surface area contributed by atoms with Gasteiger partial charge in [0.1, 0.15) is 23.0 Å². The van der Waals surface area contributed by atoms with Crippen molar-refractivity contribution in [2.75, 3.05) is 4.90 Å². The largest absolute Gasteiger partial charge is 0.485 e. The third-order valence-corrected chi connectivity index (χ3v) is 10.3. The normalized spacial score (nSPS) is 20.5. The molecule has 218 valence electrons. The second-order valence-electron chi connectivity index (χ2n) is 12.7. The third kappa shape index (κ3) is 3.97. The fraction of sp³-hybridized carbons (Fsp3) is 0.143. The van der Waals surface area contributed by atoms with Gasteiger partial charge in [0.15, 0.2) is 0 Å². The molecule has 7 aromatic rings. The molecule has 1 aliphatic carbocycles. The van der Waals surface area contributed by atoms with Crippen molar-refractivity contribution in [2.24, 2.45) is 5.92 Å². The Balaban J connectivity index is 1.18. The van der Waals surface area contributed by atoms with Gasteiger partial charge in [0.2, 0.25) is 0 Å². The number of rotatable bonds is 4. The lowest BCUT2D eigenvalue weighted by Gasteiger charge is -2.50. The second-order valence-corrected chi connectivity index (χ2v) is 12.7. The lowest BCUT2D eigenvalue weighted by Crippen LogP contribution is -2.54. The molecule has 0 spiro atoms. The molecule has 1 aromatic heterocycles. The minimum absolute atomic E-state index is 0.00598. The first-order valence-electron chi connectivity index (χ1n) is 15.8. The summed E-state index contributed by atoms with van der Waals surface area (Å²) in [6, 6.07) is 47.7. The summed E-state index contributed by atoms with van der Waals surface area (Å²) in [4.78, 5) is 2.52. The number of ether oxygens (including phenoxy) is 1. The molecular formula is C42H33NO2. The van der Waals surface area contributed by atoms with E-state index in [1.54, 1.807) is 0 Å². The SMILES string of the molecule is CC1C2Oc3ccccc3C2=CCC1(C)N(c1ccc(-c2cccc3ccccc23)cc1)c1ccc2c(c1)oc1ccccc12. The number of para-hydroxylation sites is 2. The van der Waals surface area contributed by atoms with Crippen LogP contribution in [0.3, 0.4) is 0 Å². The fourth-order valence-corrected chi connectivity index (χ4v) is 7.74. The molecule has 0 radical (unpaired) electrons. The van der Waals surface area contributed by atoms with Crippen molar-refractivity contribution in [2.45, 2.75) is 31.9 Å². The fourth-order valence-electron chi connectivity index (χ4n) is 7.74. The molecule has 9 rings (SSSR count). The topological polar surface area (TPSA) is 25.6 Å². The molecule has 3 atom stereocenters. The van der Waals surface area contributed by atoms with Gasteiger partial charge in [-0.3, -0.25) is 0 Å². The highest BCUT2D eigenvalue weighted by molar-refractivity contribution is 6.06. The molecule has 2 aliphatic rings. The van der Waals surface area contributed by atoms with Gasteiger partial charge in [-0.1, -0.05) is 104 Å². The Hall–Kier alpha value is -5.28. The quantitative estimate of drug-likeness (QED) is 0.206. The van der Waals surface area contributed by atoms with Crippen molar-refractivity contribution in [3.05, 3.63) is 145 Å². The molecule has 1 aliphatic heterocycles. The molecule has 0 fully saturated rings. The van der Waals surface area contributed by atoms with Crippen LogP contribution >= 0.6 is 0 Å². The smallest absolute Gasteiger partial charge is 0.137 e. The van der Waals surface area contributed by atoms with Gasteiger partial charge in [0, 0.05) is 39.7 Å². The van der Waals surface area contributed by atoms with Gasteiger partial charge >= 0.3 is 0 Å². The Bertz CT molecular complexity index is 2270. The molecule has 45 heavy (non-hydrogen) atoms. The highest BCUT2D eigenvalue weighted by Crippen LogP contribution is 2.52. The summed E-state index contributed by atoms with van der Waals surface area (Å²) in [7, 11) is 0. The monoisotopic (exact) mass is 583 g/mol. The van der Waals surface area contributed by atoms with Crippen LogP contribution in [-0.4, -0.2) is 11.6 Å². The van der Waals surface area contributed by atoms with Crippen LogP contribution in [0.1, 0.15) is 25.8 Å². The maximum absolute atomic E-state index is 6.65. The predicted octanol–water partition coefficient (Wildman–Crippen LogP) is 11.2. The maximum atomic E-state index is 6.65. The maximum Gasteiger partial charge on any atom is 0.137 e. The molecule has 0 amide bonds. The van der Waals surface area contributed by atoms with Gasteiger partial charge in [-0.15, -0.1) is 0 Å². The van der Waals surface area contributed by atoms with Crippen molar-refractivity contribution in [1.82, 2.24) is 0 Å². The van der Waals surface area contributed by atoms with Gasteiger partial charge in [-0.05, 0) is 77.2 Å². The zero-order valence-electron chi connectivity index (χ0n) is 25.4. The highest BCUT2D eigenvalue weighted by Gasteiger charge is 2.49. The van der Waals surface area contributed by atoms with E-state index in [0.717, 1.165) is 45.5 Å².